The van der Waals surface area contributed by atoms with Crippen LogP contribution in [0.2, 0.25) is 0 Å². The molecule has 1 saturated heterocycles. The summed E-state index contributed by atoms with van der Waals surface area (Å²) in [7, 11) is 1.59. The van der Waals surface area contributed by atoms with E-state index >= 15 is 0 Å². The highest BCUT2D eigenvalue weighted by molar-refractivity contribution is 5.84. The molecule has 0 aromatic rings. The van der Waals surface area contributed by atoms with E-state index in [1.54, 1.807) is 11.9 Å². The maximum atomic E-state index is 12.0. The summed E-state index contributed by atoms with van der Waals surface area (Å²) in [4.78, 5) is 24.9. The summed E-state index contributed by atoms with van der Waals surface area (Å²) in [6.45, 7) is 4.64. The van der Waals surface area contributed by atoms with Gasteiger partial charge in [-0.05, 0) is 38.8 Å². The summed E-state index contributed by atoms with van der Waals surface area (Å²) >= 11 is 0. The molecule has 17 heavy (non-hydrogen) atoms. The van der Waals surface area contributed by atoms with Gasteiger partial charge in [-0.25, -0.2) is 0 Å². The standard InChI is InChI=1S/C12H23N3O2/c1-3-15(9-11(16)13-2)12(17)7-10-5-4-6-14-8-10/h10,14H,3-9H2,1-2H3,(H,13,16). The molecule has 0 spiro atoms. The van der Waals surface area contributed by atoms with Crippen LogP contribution in [0.3, 0.4) is 0 Å². The Bertz CT molecular complexity index is 262. The van der Waals surface area contributed by atoms with Gasteiger partial charge in [-0.2, -0.15) is 0 Å². The lowest BCUT2D eigenvalue weighted by Crippen LogP contribution is -2.41. The van der Waals surface area contributed by atoms with Crippen molar-refractivity contribution >= 4 is 11.8 Å². The topological polar surface area (TPSA) is 61.4 Å². The van der Waals surface area contributed by atoms with E-state index in [1.807, 2.05) is 6.92 Å². The Kier molecular flexibility index (Phi) is 5.97. The molecule has 2 N–H and O–H groups in total. The second-order valence-corrected chi connectivity index (χ2v) is 4.50. The second kappa shape index (κ2) is 7.27. The molecule has 1 aliphatic heterocycles. The number of piperidine rings is 1. The fraction of sp³-hybridized carbons (Fsp3) is 0.833. The molecule has 0 radical (unpaired) electrons. The molecule has 5 nitrogen and oxygen atoms in total. The average Bonchev–Trinajstić information content (AvgIpc) is 2.36. The van der Waals surface area contributed by atoms with E-state index in [0.717, 1.165) is 25.9 Å². The highest BCUT2D eigenvalue weighted by Gasteiger charge is 2.21. The Hall–Kier alpha value is -1.10. The molecule has 1 atom stereocenters. The van der Waals surface area contributed by atoms with Crippen LogP contribution in [0.25, 0.3) is 0 Å². The number of nitrogens with one attached hydrogen (secondary N) is 2. The minimum atomic E-state index is -0.109. The zero-order valence-electron chi connectivity index (χ0n) is 10.8. The van der Waals surface area contributed by atoms with Crippen LogP contribution in [0.4, 0.5) is 0 Å². The van der Waals surface area contributed by atoms with E-state index in [2.05, 4.69) is 10.6 Å². The van der Waals surface area contributed by atoms with Gasteiger partial charge in [0.25, 0.3) is 0 Å². The van der Waals surface area contributed by atoms with E-state index in [1.165, 1.54) is 0 Å². The minimum absolute atomic E-state index is 0.0878. The van der Waals surface area contributed by atoms with Crippen LogP contribution in [0.1, 0.15) is 26.2 Å². The number of carbonyl (C=O) groups excluding carboxylic acids is 2. The molecule has 1 fully saturated rings. The van der Waals surface area contributed by atoms with Crippen molar-refractivity contribution in [3.8, 4) is 0 Å². The van der Waals surface area contributed by atoms with Crippen LogP contribution in [-0.4, -0.2) is 49.9 Å². The maximum Gasteiger partial charge on any atom is 0.239 e. The number of hydrogen-bond acceptors (Lipinski definition) is 3. The quantitative estimate of drug-likeness (QED) is 0.710. The molecule has 98 valence electrons. The number of carbonyl (C=O) groups is 2. The molecule has 0 bridgehead atoms. The SMILES string of the molecule is CCN(CC(=O)NC)C(=O)CC1CCCNC1. The van der Waals surface area contributed by atoms with Gasteiger partial charge < -0.3 is 15.5 Å². The largest absolute Gasteiger partial charge is 0.358 e. The van der Waals surface area contributed by atoms with Crippen LogP contribution >= 0.6 is 0 Å². The Balaban J connectivity index is 2.39. The lowest BCUT2D eigenvalue weighted by atomic mass is 9.95. The third-order valence-corrected chi connectivity index (χ3v) is 3.21. The third kappa shape index (κ3) is 4.73. The highest BCUT2D eigenvalue weighted by atomic mass is 16.2. The van der Waals surface area contributed by atoms with Crippen LogP contribution in [0.15, 0.2) is 0 Å². The maximum absolute atomic E-state index is 12.0. The molecule has 0 aromatic heterocycles. The van der Waals surface area contributed by atoms with Crippen LogP contribution < -0.4 is 10.6 Å². The van der Waals surface area contributed by atoms with E-state index in [4.69, 9.17) is 0 Å². The highest BCUT2D eigenvalue weighted by Crippen LogP contribution is 2.15. The summed E-state index contributed by atoms with van der Waals surface area (Å²) in [6.07, 6.45) is 2.80. The van der Waals surface area contributed by atoms with Crippen molar-refractivity contribution in [1.29, 1.82) is 0 Å². The van der Waals surface area contributed by atoms with E-state index < -0.39 is 0 Å². The Morgan fingerprint density at radius 3 is 2.76 bits per heavy atom. The van der Waals surface area contributed by atoms with Gasteiger partial charge in [-0.1, -0.05) is 0 Å². The number of rotatable bonds is 5. The third-order valence-electron chi connectivity index (χ3n) is 3.21. The lowest BCUT2D eigenvalue weighted by molar-refractivity contribution is -0.136. The predicted molar refractivity (Wildman–Crippen MR) is 66.5 cm³/mol. The smallest absolute Gasteiger partial charge is 0.239 e. The molecule has 0 saturated carbocycles. The monoisotopic (exact) mass is 241 g/mol. The molecule has 5 heteroatoms. The molecule has 0 aromatic carbocycles. The Labute approximate surface area is 103 Å². The molecular formula is C12H23N3O2. The van der Waals surface area contributed by atoms with Gasteiger partial charge >= 0.3 is 0 Å². The predicted octanol–water partition coefficient (Wildman–Crippen LogP) is -0.0294. The fourth-order valence-corrected chi connectivity index (χ4v) is 2.10. The minimum Gasteiger partial charge on any atom is -0.358 e. The van der Waals surface area contributed by atoms with Crippen molar-refractivity contribution in [3.63, 3.8) is 0 Å². The first-order valence-corrected chi connectivity index (χ1v) is 6.36. The summed E-state index contributed by atoms with van der Waals surface area (Å²) in [5.41, 5.74) is 0. The first-order chi connectivity index (χ1) is 8.17. The van der Waals surface area contributed by atoms with Gasteiger partial charge in [0.05, 0.1) is 6.54 Å². The van der Waals surface area contributed by atoms with Gasteiger partial charge in [-0.15, -0.1) is 0 Å². The molecular weight excluding hydrogens is 218 g/mol. The van der Waals surface area contributed by atoms with Gasteiger partial charge in [0.2, 0.25) is 11.8 Å². The van der Waals surface area contributed by atoms with E-state index in [-0.39, 0.29) is 18.4 Å². The summed E-state index contributed by atoms with van der Waals surface area (Å²) < 4.78 is 0. The first kappa shape index (κ1) is 14.0. The molecule has 0 aliphatic carbocycles. The zero-order valence-corrected chi connectivity index (χ0v) is 10.8. The zero-order chi connectivity index (χ0) is 12.7. The first-order valence-electron chi connectivity index (χ1n) is 6.36. The summed E-state index contributed by atoms with van der Waals surface area (Å²) in [6, 6.07) is 0. The number of hydrogen-bond donors (Lipinski definition) is 2. The van der Waals surface area contributed by atoms with E-state index in [9.17, 15) is 9.59 Å². The molecule has 2 amide bonds. The van der Waals surface area contributed by atoms with Gasteiger partial charge in [0, 0.05) is 20.0 Å². The van der Waals surface area contributed by atoms with Gasteiger partial charge in [-0.3, -0.25) is 9.59 Å². The number of amides is 2. The molecule has 1 aliphatic rings. The van der Waals surface area contributed by atoms with Gasteiger partial charge in [0.1, 0.15) is 0 Å². The lowest BCUT2D eigenvalue weighted by Gasteiger charge is -2.26. The molecule has 1 unspecified atom stereocenters. The van der Waals surface area contributed by atoms with Crippen LogP contribution in [0.5, 0.6) is 0 Å². The van der Waals surface area contributed by atoms with Crippen LogP contribution in [0, 0.1) is 5.92 Å². The van der Waals surface area contributed by atoms with Crippen molar-refractivity contribution < 1.29 is 9.59 Å². The van der Waals surface area contributed by atoms with Crippen molar-refractivity contribution in [1.82, 2.24) is 15.5 Å². The Morgan fingerprint density at radius 1 is 1.47 bits per heavy atom. The average molecular weight is 241 g/mol. The summed E-state index contributed by atoms with van der Waals surface area (Å²) in [5, 5.41) is 5.84. The second-order valence-electron chi connectivity index (χ2n) is 4.50. The fourth-order valence-electron chi connectivity index (χ4n) is 2.10. The Morgan fingerprint density at radius 2 is 2.24 bits per heavy atom. The number of likely N-dealkylation sites (N-methyl/N-ethyl adjacent to an activating group) is 2. The normalized spacial score (nSPS) is 19.8. The van der Waals surface area contributed by atoms with Crippen molar-refractivity contribution in [2.24, 2.45) is 5.92 Å². The molecule has 1 heterocycles. The van der Waals surface area contributed by atoms with Gasteiger partial charge in [0.15, 0.2) is 0 Å². The van der Waals surface area contributed by atoms with Crippen molar-refractivity contribution in [3.05, 3.63) is 0 Å². The number of nitrogens with zero attached hydrogens (tertiary/aromatic N) is 1. The van der Waals surface area contributed by atoms with Crippen molar-refractivity contribution in [2.75, 3.05) is 33.2 Å². The summed E-state index contributed by atoms with van der Waals surface area (Å²) in [5.74, 6) is 0.404. The van der Waals surface area contributed by atoms with E-state index in [0.29, 0.717) is 18.9 Å². The van der Waals surface area contributed by atoms with Crippen molar-refractivity contribution in [2.45, 2.75) is 26.2 Å². The molecule has 1 rings (SSSR count). The van der Waals surface area contributed by atoms with Crippen LogP contribution in [-0.2, 0) is 9.59 Å².